The first-order valence-corrected chi connectivity index (χ1v) is 10.2. The normalized spacial score (nSPS) is 19.2. The first-order chi connectivity index (χ1) is 15.1. The van der Waals surface area contributed by atoms with Gasteiger partial charge in [-0.3, -0.25) is 0 Å². The second kappa shape index (κ2) is 7.99. The molecule has 162 valence electrons. The summed E-state index contributed by atoms with van der Waals surface area (Å²) in [4.78, 5) is 32.6. The van der Waals surface area contributed by atoms with Gasteiger partial charge in [-0.25, -0.2) is 19.7 Å². The number of amides is 1. The smallest absolute Gasteiger partial charge is 0.407 e. The Kier molecular flexibility index (Phi) is 5.02. The van der Waals surface area contributed by atoms with Gasteiger partial charge in [0.2, 0.25) is 5.88 Å². The fraction of sp³-hybridized carbons (Fsp3) is 0.450. The van der Waals surface area contributed by atoms with Crippen molar-refractivity contribution in [2.75, 3.05) is 44.3 Å². The number of carbonyl (C=O) groups is 1. The highest BCUT2D eigenvalue weighted by Gasteiger charge is 2.29. The minimum absolute atomic E-state index is 0.255. The zero-order chi connectivity index (χ0) is 21.4. The van der Waals surface area contributed by atoms with Crippen LogP contribution in [-0.2, 0) is 11.8 Å². The van der Waals surface area contributed by atoms with Gasteiger partial charge in [0.1, 0.15) is 24.1 Å². The maximum Gasteiger partial charge on any atom is 0.407 e. The molecule has 3 aromatic rings. The van der Waals surface area contributed by atoms with Crippen molar-refractivity contribution in [3.8, 4) is 17.3 Å². The molecule has 1 unspecified atom stereocenters. The number of ether oxygens (including phenoxy) is 2. The minimum atomic E-state index is -0.938. The van der Waals surface area contributed by atoms with Gasteiger partial charge in [-0.1, -0.05) is 0 Å². The van der Waals surface area contributed by atoms with Crippen molar-refractivity contribution in [1.82, 2.24) is 29.4 Å². The van der Waals surface area contributed by atoms with E-state index in [2.05, 4.69) is 19.9 Å². The Labute approximate surface area is 178 Å². The number of aromatic nitrogens is 5. The largest absolute Gasteiger partial charge is 0.471 e. The van der Waals surface area contributed by atoms with Crippen molar-refractivity contribution in [3.05, 3.63) is 24.7 Å². The number of fused-ring (bicyclic) bond motifs is 1. The summed E-state index contributed by atoms with van der Waals surface area (Å²) in [6.45, 7) is 3.84. The highest BCUT2D eigenvalue weighted by atomic mass is 16.5. The fourth-order valence-electron chi connectivity index (χ4n) is 3.98. The quantitative estimate of drug-likeness (QED) is 0.661. The molecule has 11 nitrogen and oxygen atoms in total. The number of pyridine rings is 1. The van der Waals surface area contributed by atoms with Crippen molar-refractivity contribution in [1.29, 1.82) is 0 Å². The maximum atomic E-state index is 11.2. The summed E-state index contributed by atoms with van der Waals surface area (Å²) in [6.07, 6.45) is 2.67. The van der Waals surface area contributed by atoms with E-state index >= 15 is 0 Å². The number of imidazole rings is 1. The van der Waals surface area contributed by atoms with Gasteiger partial charge in [0.05, 0.1) is 19.8 Å². The molecule has 0 radical (unpaired) electrons. The molecule has 3 aromatic heterocycles. The average Bonchev–Trinajstić information content (AvgIpc) is 3.40. The molecule has 0 bridgehead atoms. The number of likely N-dealkylation sites (tertiary alicyclic amines) is 1. The second-order valence-corrected chi connectivity index (χ2v) is 7.61. The van der Waals surface area contributed by atoms with E-state index in [1.165, 1.54) is 11.2 Å². The lowest BCUT2D eigenvalue weighted by Gasteiger charge is -2.27. The van der Waals surface area contributed by atoms with Gasteiger partial charge in [-0.05, 0) is 12.1 Å². The van der Waals surface area contributed by atoms with E-state index in [4.69, 9.17) is 19.6 Å². The van der Waals surface area contributed by atoms with Crippen LogP contribution in [0, 0.1) is 0 Å². The van der Waals surface area contributed by atoms with Crippen LogP contribution in [0.3, 0.4) is 0 Å². The van der Waals surface area contributed by atoms with Crippen molar-refractivity contribution in [3.63, 3.8) is 0 Å². The number of anilines is 1. The molecule has 1 amide bonds. The summed E-state index contributed by atoms with van der Waals surface area (Å²) in [5.41, 5.74) is 2.05. The summed E-state index contributed by atoms with van der Waals surface area (Å²) >= 11 is 0. The molecular weight excluding hydrogens is 402 g/mol. The highest BCUT2D eigenvalue weighted by molar-refractivity contribution is 5.81. The molecule has 1 N–H and O–H groups in total. The molecule has 31 heavy (non-hydrogen) atoms. The van der Waals surface area contributed by atoms with Gasteiger partial charge in [-0.15, -0.1) is 0 Å². The molecule has 2 aliphatic rings. The topological polar surface area (TPSA) is 119 Å². The van der Waals surface area contributed by atoms with Gasteiger partial charge in [0.25, 0.3) is 0 Å². The molecule has 5 rings (SSSR count). The number of hydrogen-bond acceptors (Lipinski definition) is 8. The van der Waals surface area contributed by atoms with Crippen LogP contribution in [0.4, 0.5) is 10.6 Å². The molecule has 2 saturated heterocycles. The van der Waals surface area contributed by atoms with E-state index in [1.54, 1.807) is 0 Å². The Morgan fingerprint density at radius 3 is 2.74 bits per heavy atom. The van der Waals surface area contributed by atoms with E-state index in [1.807, 2.05) is 29.9 Å². The minimum Gasteiger partial charge on any atom is -0.471 e. The molecular formula is C20H23N7O4. The third kappa shape index (κ3) is 3.72. The third-order valence-electron chi connectivity index (χ3n) is 5.66. The molecule has 2 fully saturated rings. The van der Waals surface area contributed by atoms with Gasteiger partial charge in [0.15, 0.2) is 11.2 Å². The van der Waals surface area contributed by atoms with Gasteiger partial charge in [0, 0.05) is 44.9 Å². The first kappa shape index (κ1) is 19.5. The van der Waals surface area contributed by atoms with E-state index in [0.29, 0.717) is 55.6 Å². The average molecular weight is 425 g/mol. The molecule has 5 heterocycles. The summed E-state index contributed by atoms with van der Waals surface area (Å²) in [5, 5.41) is 9.15. The number of hydrogen-bond donors (Lipinski definition) is 1. The Morgan fingerprint density at radius 2 is 2.03 bits per heavy atom. The Hall–Kier alpha value is -3.47. The molecule has 1 atom stereocenters. The molecule has 0 spiro atoms. The van der Waals surface area contributed by atoms with Crippen LogP contribution in [-0.4, -0.2) is 86.1 Å². The third-order valence-corrected chi connectivity index (χ3v) is 5.66. The number of morpholine rings is 1. The highest BCUT2D eigenvalue weighted by Crippen LogP contribution is 2.29. The van der Waals surface area contributed by atoms with Crippen molar-refractivity contribution in [2.45, 2.75) is 12.5 Å². The molecule has 0 aromatic carbocycles. The van der Waals surface area contributed by atoms with Crippen LogP contribution in [0.5, 0.6) is 5.88 Å². The van der Waals surface area contributed by atoms with Crippen LogP contribution in [0.2, 0.25) is 0 Å². The Morgan fingerprint density at radius 1 is 1.19 bits per heavy atom. The standard InChI is InChI=1S/C20H23N7O4/c1-25-17(13-2-3-15(21-10-13)26-6-8-30-9-7-26)24-16-18(25)22-12-23-19(16)31-14-4-5-27(11-14)20(28)29/h2-3,10,12,14H,4-9,11H2,1H3,(H,28,29). The van der Waals surface area contributed by atoms with Gasteiger partial charge < -0.3 is 28.9 Å². The number of rotatable bonds is 4. The van der Waals surface area contributed by atoms with Crippen molar-refractivity contribution in [2.24, 2.45) is 7.05 Å². The molecule has 0 aliphatic carbocycles. The predicted molar refractivity (Wildman–Crippen MR) is 111 cm³/mol. The van der Waals surface area contributed by atoms with Gasteiger partial charge >= 0.3 is 6.09 Å². The van der Waals surface area contributed by atoms with E-state index in [0.717, 1.165) is 24.5 Å². The van der Waals surface area contributed by atoms with Crippen LogP contribution >= 0.6 is 0 Å². The summed E-state index contributed by atoms with van der Waals surface area (Å²) in [6, 6.07) is 3.98. The van der Waals surface area contributed by atoms with Crippen LogP contribution in [0.1, 0.15) is 6.42 Å². The monoisotopic (exact) mass is 425 g/mol. The zero-order valence-electron chi connectivity index (χ0n) is 17.1. The van der Waals surface area contributed by atoms with Gasteiger partial charge in [-0.2, -0.15) is 4.98 Å². The number of nitrogens with zero attached hydrogens (tertiary/aromatic N) is 7. The predicted octanol–water partition coefficient (Wildman–Crippen LogP) is 1.39. The van der Waals surface area contributed by atoms with E-state index < -0.39 is 6.09 Å². The van der Waals surface area contributed by atoms with E-state index in [-0.39, 0.29) is 6.10 Å². The molecule has 0 saturated carbocycles. The van der Waals surface area contributed by atoms with Crippen LogP contribution in [0.25, 0.3) is 22.6 Å². The van der Waals surface area contributed by atoms with Crippen LogP contribution < -0.4 is 9.64 Å². The lowest BCUT2D eigenvalue weighted by atomic mass is 10.2. The Balaban J connectivity index is 1.41. The van der Waals surface area contributed by atoms with Crippen molar-refractivity contribution < 1.29 is 19.4 Å². The van der Waals surface area contributed by atoms with Crippen molar-refractivity contribution >= 4 is 23.1 Å². The molecule has 2 aliphatic heterocycles. The number of carboxylic acid groups (broad SMARTS) is 1. The lowest BCUT2D eigenvalue weighted by molar-refractivity contribution is 0.122. The summed E-state index contributed by atoms with van der Waals surface area (Å²) in [5.74, 6) is 1.99. The fourth-order valence-corrected chi connectivity index (χ4v) is 3.98. The Bertz CT molecular complexity index is 1090. The maximum absolute atomic E-state index is 11.2. The number of aryl methyl sites for hydroxylation is 1. The molecule has 11 heteroatoms. The second-order valence-electron chi connectivity index (χ2n) is 7.61. The van der Waals surface area contributed by atoms with Crippen LogP contribution in [0.15, 0.2) is 24.7 Å². The first-order valence-electron chi connectivity index (χ1n) is 10.2. The summed E-state index contributed by atoms with van der Waals surface area (Å²) in [7, 11) is 1.89. The zero-order valence-corrected chi connectivity index (χ0v) is 17.1. The lowest BCUT2D eigenvalue weighted by Crippen LogP contribution is -2.36. The summed E-state index contributed by atoms with van der Waals surface area (Å²) < 4.78 is 13.3. The SMILES string of the molecule is Cn1c(-c2ccc(N3CCOCC3)nc2)nc2c(OC3CCN(C(=O)O)C3)ncnc21. The van der Waals surface area contributed by atoms with E-state index in [9.17, 15) is 4.79 Å².